The Morgan fingerprint density at radius 2 is 1.61 bits per heavy atom. The number of carbonyl (C=O) groups is 2. The molecule has 1 atom stereocenters. The molecule has 2 rings (SSSR count). The number of nitrogens with zero attached hydrogens (tertiary/aromatic N) is 2. The molecule has 1 saturated heterocycles. The maximum absolute atomic E-state index is 12.8. The zero-order chi connectivity index (χ0) is 23.4. The summed E-state index contributed by atoms with van der Waals surface area (Å²) in [6, 6.07) is 1.53. The van der Waals surface area contributed by atoms with Gasteiger partial charge in [0.2, 0.25) is 5.88 Å². The lowest BCUT2D eigenvalue weighted by atomic mass is 9.90. The second-order valence-corrected chi connectivity index (χ2v) is 10.3. The normalized spacial score (nSPS) is 17.9. The van der Waals surface area contributed by atoms with Crippen LogP contribution in [0.15, 0.2) is 10.6 Å². The molecule has 1 aliphatic heterocycles. The number of aromatic nitrogens is 1. The molecule has 176 valence electrons. The monoisotopic (exact) mass is 440 g/mol. The quantitative estimate of drug-likeness (QED) is 0.618. The van der Waals surface area contributed by atoms with Crippen LogP contribution in [0.3, 0.4) is 0 Å². The molecule has 9 nitrogen and oxygen atoms in total. The lowest BCUT2D eigenvalue weighted by Gasteiger charge is -2.28. The van der Waals surface area contributed by atoms with Gasteiger partial charge in [0.05, 0.1) is 12.3 Å². The molecule has 31 heavy (non-hydrogen) atoms. The lowest BCUT2D eigenvalue weighted by molar-refractivity contribution is -0.170. The first-order valence-corrected chi connectivity index (χ1v) is 10.6. The van der Waals surface area contributed by atoms with Crippen LogP contribution in [0.1, 0.15) is 80.3 Å². The number of carbonyl (C=O) groups excluding carboxylic acids is 2. The highest BCUT2D eigenvalue weighted by atomic mass is 16.7. The van der Waals surface area contributed by atoms with Gasteiger partial charge in [-0.05, 0) is 60.8 Å². The van der Waals surface area contributed by atoms with Crippen LogP contribution >= 0.6 is 0 Å². The first-order valence-electron chi connectivity index (χ1n) is 10.6. The van der Waals surface area contributed by atoms with E-state index in [-0.39, 0.29) is 12.2 Å². The first kappa shape index (κ1) is 25.1. The molecule has 0 saturated carbocycles. The fraction of sp³-hybridized carbons (Fsp3) is 0.773. The number of hydrogen-bond donors (Lipinski definition) is 0. The molecule has 1 aromatic heterocycles. The van der Waals surface area contributed by atoms with E-state index in [1.807, 2.05) is 13.8 Å². The summed E-state index contributed by atoms with van der Waals surface area (Å²) in [4.78, 5) is 26.2. The Morgan fingerprint density at radius 3 is 2.10 bits per heavy atom. The summed E-state index contributed by atoms with van der Waals surface area (Å²) >= 11 is 0. The number of rotatable bonds is 5. The maximum Gasteiger partial charge on any atom is 0.427 e. The minimum atomic E-state index is -0.908. The van der Waals surface area contributed by atoms with Gasteiger partial charge in [-0.2, -0.15) is 0 Å². The topological polar surface area (TPSA) is 100 Å². The molecule has 1 aliphatic rings. The van der Waals surface area contributed by atoms with Crippen LogP contribution in [0.4, 0.5) is 15.5 Å². The van der Waals surface area contributed by atoms with Gasteiger partial charge in [0, 0.05) is 18.1 Å². The average molecular weight is 441 g/mol. The van der Waals surface area contributed by atoms with Crippen molar-refractivity contribution in [2.24, 2.45) is 0 Å². The van der Waals surface area contributed by atoms with Crippen molar-refractivity contribution in [3.8, 4) is 0 Å². The van der Waals surface area contributed by atoms with Crippen molar-refractivity contribution in [1.29, 1.82) is 0 Å². The van der Waals surface area contributed by atoms with Crippen LogP contribution in [0.5, 0.6) is 0 Å². The predicted molar refractivity (Wildman–Crippen MR) is 114 cm³/mol. The Hall–Kier alpha value is -2.13. The summed E-state index contributed by atoms with van der Waals surface area (Å²) < 4.78 is 27.6. The molecule has 2 heterocycles. The number of amides is 2. The van der Waals surface area contributed by atoms with Crippen LogP contribution in [0.25, 0.3) is 0 Å². The van der Waals surface area contributed by atoms with Crippen molar-refractivity contribution < 1.29 is 33.1 Å². The summed E-state index contributed by atoms with van der Waals surface area (Å²) in [6.45, 7) is 15.1. The summed E-state index contributed by atoms with van der Waals surface area (Å²) in [5.41, 5.74) is -1.65. The molecule has 2 amide bonds. The highest BCUT2D eigenvalue weighted by Crippen LogP contribution is 2.30. The second kappa shape index (κ2) is 9.56. The van der Waals surface area contributed by atoms with Crippen LogP contribution < -0.4 is 4.90 Å². The molecular weight excluding hydrogens is 404 g/mol. The van der Waals surface area contributed by atoms with Gasteiger partial charge in [-0.3, -0.25) is 0 Å². The third-order valence-electron chi connectivity index (χ3n) is 4.33. The molecule has 9 heteroatoms. The van der Waals surface area contributed by atoms with Crippen molar-refractivity contribution in [1.82, 2.24) is 5.16 Å². The lowest BCUT2D eigenvalue weighted by Crippen LogP contribution is -2.43. The molecule has 0 radical (unpaired) electrons. The van der Waals surface area contributed by atoms with Crippen LogP contribution in [0.2, 0.25) is 0 Å². The Labute approximate surface area is 184 Å². The third kappa shape index (κ3) is 7.81. The van der Waals surface area contributed by atoms with Crippen molar-refractivity contribution in [3.05, 3.63) is 11.8 Å². The molecule has 0 N–H and O–H groups in total. The molecule has 0 aromatic carbocycles. The Kier molecular flexibility index (Phi) is 7.75. The predicted octanol–water partition coefficient (Wildman–Crippen LogP) is 5.17. The smallest absolute Gasteiger partial charge is 0.427 e. The number of hydrogen-bond acceptors (Lipinski definition) is 8. The van der Waals surface area contributed by atoms with Crippen molar-refractivity contribution in [2.45, 2.75) is 97.6 Å². The van der Waals surface area contributed by atoms with E-state index < -0.39 is 28.8 Å². The van der Waals surface area contributed by atoms with Crippen LogP contribution in [-0.2, 0) is 24.4 Å². The van der Waals surface area contributed by atoms with E-state index in [4.69, 9.17) is 23.5 Å². The van der Waals surface area contributed by atoms with Crippen LogP contribution in [0, 0.1) is 0 Å². The molecule has 0 spiro atoms. The summed E-state index contributed by atoms with van der Waals surface area (Å²) in [5, 5.41) is 4.08. The maximum atomic E-state index is 12.8. The van der Waals surface area contributed by atoms with Gasteiger partial charge in [-0.25, -0.2) is 9.59 Å². The fourth-order valence-electron chi connectivity index (χ4n) is 2.78. The molecule has 1 fully saturated rings. The van der Waals surface area contributed by atoms with Gasteiger partial charge in [0.25, 0.3) is 0 Å². The standard InChI is InChI=1S/C22H36N2O7/c1-20(2,3)29-18(25)24(19(26)30-21(4,5)6)16-13-15(23-31-16)22(7,8)14-28-17-11-9-10-12-27-17/h13,17H,9-12,14H2,1-8H3. The van der Waals surface area contributed by atoms with Gasteiger partial charge in [0.15, 0.2) is 6.29 Å². The fourth-order valence-corrected chi connectivity index (χ4v) is 2.78. The highest BCUT2D eigenvalue weighted by Gasteiger charge is 2.37. The van der Waals surface area contributed by atoms with Crippen molar-refractivity contribution in [2.75, 3.05) is 18.1 Å². The van der Waals surface area contributed by atoms with E-state index in [0.29, 0.717) is 23.8 Å². The van der Waals surface area contributed by atoms with Gasteiger partial charge in [-0.15, -0.1) is 4.90 Å². The van der Waals surface area contributed by atoms with Gasteiger partial charge in [-0.1, -0.05) is 19.0 Å². The highest BCUT2D eigenvalue weighted by molar-refractivity contribution is 6.08. The number of ether oxygens (including phenoxy) is 4. The minimum absolute atomic E-state index is 0.0829. The Balaban J connectivity index is 2.20. The largest absolute Gasteiger partial charge is 0.443 e. The number of imide groups is 1. The minimum Gasteiger partial charge on any atom is -0.443 e. The van der Waals surface area contributed by atoms with Gasteiger partial charge < -0.3 is 23.5 Å². The molecule has 1 unspecified atom stereocenters. The summed E-state index contributed by atoms with van der Waals surface area (Å²) in [7, 11) is 0. The van der Waals surface area contributed by atoms with E-state index in [1.54, 1.807) is 41.5 Å². The summed E-state index contributed by atoms with van der Waals surface area (Å²) in [6.07, 6.45) is 0.911. The SMILES string of the molecule is CC(C)(C)OC(=O)N(C(=O)OC(C)(C)C)c1cc(C(C)(C)COC2CCCCO2)no1. The van der Waals surface area contributed by atoms with Crippen LogP contribution in [-0.4, -0.2) is 48.0 Å². The Morgan fingerprint density at radius 1 is 1.03 bits per heavy atom. The number of anilines is 1. The molecule has 0 bridgehead atoms. The van der Waals surface area contributed by atoms with Gasteiger partial charge >= 0.3 is 12.2 Å². The van der Waals surface area contributed by atoms with E-state index in [2.05, 4.69) is 5.16 Å². The summed E-state index contributed by atoms with van der Waals surface area (Å²) in [5.74, 6) is -0.0829. The molecule has 1 aromatic rings. The Bertz CT molecular complexity index is 725. The zero-order valence-electron chi connectivity index (χ0n) is 19.9. The van der Waals surface area contributed by atoms with E-state index >= 15 is 0 Å². The average Bonchev–Trinajstić information content (AvgIpc) is 3.08. The van der Waals surface area contributed by atoms with Crippen molar-refractivity contribution >= 4 is 18.1 Å². The molecular formula is C22H36N2O7. The van der Waals surface area contributed by atoms with E-state index in [9.17, 15) is 9.59 Å². The first-order chi connectivity index (χ1) is 14.2. The van der Waals surface area contributed by atoms with E-state index in [0.717, 1.165) is 19.3 Å². The third-order valence-corrected chi connectivity index (χ3v) is 4.33. The second-order valence-electron chi connectivity index (χ2n) is 10.3. The molecule has 0 aliphatic carbocycles. The van der Waals surface area contributed by atoms with Crippen molar-refractivity contribution in [3.63, 3.8) is 0 Å². The van der Waals surface area contributed by atoms with E-state index in [1.165, 1.54) is 6.07 Å². The van der Waals surface area contributed by atoms with Gasteiger partial charge in [0.1, 0.15) is 11.2 Å². The zero-order valence-corrected chi connectivity index (χ0v) is 19.9.